The topological polar surface area (TPSA) is 115 Å². The maximum absolute atomic E-state index is 14.1. The van der Waals surface area contributed by atoms with Gasteiger partial charge < -0.3 is 20.9 Å². The van der Waals surface area contributed by atoms with E-state index in [4.69, 9.17) is 5.73 Å². The second kappa shape index (κ2) is 11.8. The van der Waals surface area contributed by atoms with E-state index in [0.29, 0.717) is 24.6 Å². The molecule has 11 heteroatoms. The van der Waals surface area contributed by atoms with Gasteiger partial charge in [0.2, 0.25) is 11.8 Å². The highest BCUT2D eigenvalue weighted by Crippen LogP contribution is 2.32. The first-order valence-corrected chi connectivity index (χ1v) is 14.7. The van der Waals surface area contributed by atoms with Gasteiger partial charge in [0, 0.05) is 25.6 Å². The van der Waals surface area contributed by atoms with Crippen LogP contribution >= 0.6 is 11.3 Å². The molecule has 2 saturated heterocycles. The molecule has 3 aromatic rings. The third kappa shape index (κ3) is 5.48. The van der Waals surface area contributed by atoms with Gasteiger partial charge in [0.1, 0.15) is 12.2 Å². The smallest absolute Gasteiger partial charge is 0.332 e. The lowest BCUT2D eigenvalue weighted by atomic mass is 10.00. The SMILES string of the molecule is CCCCNC(=O)N(C(C)C)N1CC(=O)N2[C@@H](Cc3ccccc3)C(=O)N(Cc3cccc4sc(N)nc34)C[C@@H]21. The van der Waals surface area contributed by atoms with E-state index in [1.807, 2.05) is 67.4 Å². The number of thiazole rings is 1. The quantitative estimate of drug-likeness (QED) is 0.386. The van der Waals surface area contributed by atoms with Crippen molar-refractivity contribution in [3.05, 3.63) is 59.7 Å². The van der Waals surface area contributed by atoms with Gasteiger partial charge in [0.15, 0.2) is 5.13 Å². The Labute approximate surface area is 238 Å². The molecule has 10 nitrogen and oxygen atoms in total. The van der Waals surface area contributed by atoms with Crippen LogP contribution in [0.1, 0.15) is 44.7 Å². The summed E-state index contributed by atoms with van der Waals surface area (Å²) in [7, 11) is 0. The Morgan fingerprint density at radius 2 is 1.95 bits per heavy atom. The Morgan fingerprint density at radius 3 is 2.67 bits per heavy atom. The van der Waals surface area contributed by atoms with Crippen LogP contribution in [0.5, 0.6) is 0 Å². The number of nitrogens with one attached hydrogen (secondary N) is 1. The molecular weight excluding hydrogens is 526 g/mol. The fourth-order valence-corrected chi connectivity index (χ4v) is 6.44. The number of rotatable bonds is 9. The normalized spacial score (nSPS) is 19.5. The number of hydrogen-bond acceptors (Lipinski definition) is 7. The van der Waals surface area contributed by atoms with Crippen molar-refractivity contribution in [3.63, 3.8) is 0 Å². The molecule has 3 N–H and O–H groups in total. The first-order chi connectivity index (χ1) is 19.3. The molecule has 0 unspecified atom stereocenters. The number of nitrogen functional groups attached to an aromatic ring is 1. The van der Waals surface area contributed by atoms with Crippen LogP contribution in [-0.2, 0) is 22.6 Å². The highest BCUT2D eigenvalue weighted by Gasteiger charge is 2.52. The van der Waals surface area contributed by atoms with Gasteiger partial charge in [0.05, 0.1) is 23.3 Å². The fourth-order valence-electron chi connectivity index (χ4n) is 5.66. The zero-order valence-electron chi connectivity index (χ0n) is 23.2. The van der Waals surface area contributed by atoms with Gasteiger partial charge in [-0.3, -0.25) is 14.6 Å². The van der Waals surface area contributed by atoms with Crippen molar-refractivity contribution < 1.29 is 14.4 Å². The molecule has 40 heavy (non-hydrogen) atoms. The van der Waals surface area contributed by atoms with Gasteiger partial charge in [-0.05, 0) is 37.5 Å². The molecule has 2 aliphatic rings. The molecule has 2 aliphatic heterocycles. The molecule has 0 saturated carbocycles. The monoisotopic (exact) mass is 563 g/mol. The molecule has 0 aliphatic carbocycles. The van der Waals surface area contributed by atoms with Gasteiger partial charge in [-0.1, -0.05) is 67.1 Å². The zero-order valence-corrected chi connectivity index (χ0v) is 24.1. The van der Waals surface area contributed by atoms with Crippen molar-refractivity contribution in [2.24, 2.45) is 0 Å². The summed E-state index contributed by atoms with van der Waals surface area (Å²) in [5.41, 5.74) is 8.66. The summed E-state index contributed by atoms with van der Waals surface area (Å²) in [5.74, 6) is -0.265. The molecule has 0 spiro atoms. The number of nitrogens with two attached hydrogens (primary N) is 1. The minimum atomic E-state index is -0.685. The third-order valence-corrected chi connectivity index (χ3v) is 8.35. The lowest BCUT2D eigenvalue weighted by Gasteiger charge is -2.47. The van der Waals surface area contributed by atoms with Crippen molar-refractivity contribution in [1.82, 2.24) is 30.1 Å². The van der Waals surface area contributed by atoms with E-state index in [2.05, 4.69) is 17.2 Å². The molecule has 2 fully saturated rings. The lowest BCUT2D eigenvalue weighted by Crippen LogP contribution is -2.66. The predicted molar refractivity (Wildman–Crippen MR) is 156 cm³/mol. The first-order valence-electron chi connectivity index (χ1n) is 13.9. The highest BCUT2D eigenvalue weighted by molar-refractivity contribution is 7.22. The van der Waals surface area contributed by atoms with Crippen molar-refractivity contribution in [3.8, 4) is 0 Å². The molecule has 1 aromatic heterocycles. The van der Waals surface area contributed by atoms with E-state index < -0.39 is 12.2 Å². The minimum Gasteiger partial charge on any atom is -0.375 e. The number of aromatic nitrogens is 1. The van der Waals surface area contributed by atoms with E-state index in [1.54, 1.807) is 14.8 Å². The highest BCUT2D eigenvalue weighted by atomic mass is 32.1. The number of para-hydroxylation sites is 1. The number of hydrogen-bond donors (Lipinski definition) is 2. The van der Waals surface area contributed by atoms with Gasteiger partial charge in [-0.25, -0.2) is 9.78 Å². The Balaban J connectivity index is 1.49. The predicted octanol–water partition coefficient (Wildman–Crippen LogP) is 3.44. The van der Waals surface area contributed by atoms with Crippen LogP contribution in [-0.4, -0.2) is 80.5 Å². The summed E-state index contributed by atoms with van der Waals surface area (Å²) in [6.45, 7) is 7.16. The maximum atomic E-state index is 14.1. The van der Waals surface area contributed by atoms with E-state index in [9.17, 15) is 14.4 Å². The Morgan fingerprint density at radius 1 is 1.18 bits per heavy atom. The number of carbonyl (C=O) groups excluding carboxylic acids is 3. The Hall–Kier alpha value is -3.70. The summed E-state index contributed by atoms with van der Waals surface area (Å²) < 4.78 is 0.967. The largest absolute Gasteiger partial charge is 0.375 e. The number of carbonyl (C=O) groups is 3. The second-order valence-corrected chi connectivity index (χ2v) is 11.7. The number of anilines is 1. The van der Waals surface area contributed by atoms with Crippen LogP contribution in [0.4, 0.5) is 9.93 Å². The Kier molecular flexibility index (Phi) is 8.22. The average Bonchev–Trinajstić information content (AvgIpc) is 3.46. The van der Waals surface area contributed by atoms with Crippen LogP contribution in [0.3, 0.4) is 0 Å². The molecule has 3 heterocycles. The number of nitrogens with zero attached hydrogens (tertiary/aromatic N) is 5. The molecule has 0 radical (unpaired) electrons. The van der Waals surface area contributed by atoms with Crippen LogP contribution in [0, 0.1) is 0 Å². The number of unbranched alkanes of at least 4 members (excludes halogenated alkanes) is 1. The lowest BCUT2D eigenvalue weighted by molar-refractivity contribution is -0.158. The third-order valence-electron chi connectivity index (χ3n) is 7.50. The van der Waals surface area contributed by atoms with Crippen LogP contribution in [0.15, 0.2) is 48.5 Å². The molecule has 2 atom stereocenters. The van der Waals surface area contributed by atoms with Crippen LogP contribution in [0.25, 0.3) is 10.2 Å². The van der Waals surface area contributed by atoms with Crippen molar-refractivity contribution in [1.29, 1.82) is 0 Å². The average molecular weight is 564 g/mol. The van der Waals surface area contributed by atoms with E-state index in [-0.39, 0.29) is 37.0 Å². The number of piperazine rings is 1. The summed E-state index contributed by atoms with van der Waals surface area (Å²) >= 11 is 1.42. The molecule has 212 valence electrons. The van der Waals surface area contributed by atoms with Gasteiger partial charge >= 0.3 is 6.03 Å². The number of fused-ring (bicyclic) bond motifs is 2. The molecule has 4 amide bonds. The second-order valence-electron chi connectivity index (χ2n) is 10.6. The Bertz CT molecular complexity index is 1380. The van der Waals surface area contributed by atoms with E-state index in [0.717, 1.165) is 34.2 Å². The van der Waals surface area contributed by atoms with Gasteiger partial charge in [-0.15, -0.1) is 0 Å². The fraction of sp³-hybridized carbons (Fsp3) is 0.448. The van der Waals surface area contributed by atoms with Crippen molar-refractivity contribution >= 4 is 44.5 Å². The molecular formula is C29H37N7O3S. The molecule has 5 rings (SSSR count). The van der Waals surface area contributed by atoms with E-state index >= 15 is 0 Å². The summed E-state index contributed by atoms with van der Waals surface area (Å²) in [6, 6.07) is 14.5. The first kappa shape index (κ1) is 27.9. The molecule has 0 bridgehead atoms. The minimum absolute atomic E-state index is 0.0364. The number of urea groups is 1. The summed E-state index contributed by atoms with van der Waals surface area (Å²) in [5, 5.41) is 6.97. The summed E-state index contributed by atoms with van der Waals surface area (Å²) in [6.07, 6.45) is 1.76. The van der Waals surface area contributed by atoms with E-state index in [1.165, 1.54) is 11.3 Å². The maximum Gasteiger partial charge on any atom is 0.332 e. The zero-order chi connectivity index (χ0) is 28.4. The van der Waals surface area contributed by atoms with Crippen molar-refractivity contribution in [2.75, 3.05) is 25.4 Å². The van der Waals surface area contributed by atoms with Crippen LogP contribution < -0.4 is 11.1 Å². The van der Waals surface area contributed by atoms with Crippen molar-refractivity contribution in [2.45, 2.75) is 64.8 Å². The number of benzene rings is 2. The number of hydrazine groups is 1. The van der Waals surface area contributed by atoms with Gasteiger partial charge in [0.25, 0.3) is 0 Å². The number of amides is 4. The summed E-state index contributed by atoms with van der Waals surface area (Å²) in [4.78, 5) is 49.0. The standard InChI is InChI=1S/C29H37N7O3S/c1-4-5-14-31-29(39)36(19(2)3)34-18-25(37)35-22(15-20-10-7-6-8-11-20)27(38)33(17-24(34)35)16-21-12-9-13-23-26(21)32-28(30)40-23/h6-13,19,22,24H,4-5,14-18H2,1-3H3,(H2,30,32)(H,31,39)/t22-,24+/m0/s1. The molecule has 2 aromatic carbocycles. The van der Waals surface area contributed by atoms with Gasteiger partial charge in [-0.2, -0.15) is 5.01 Å². The van der Waals surface area contributed by atoms with Crippen LogP contribution in [0.2, 0.25) is 0 Å².